The van der Waals surface area contributed by atoms with Crippen molar-refractivity contribution in [3.05, 3.63) is 108 Å². The molecule has 0 radical (unpaired) electrons. The highest BCUT2D eigenvalue weighted by Gasteiger charge is 2.08. The Bertz CT molecular complexity index is 1330. The van der Waals surface area contributed by atoms with Crippen LogP contribution in [0.1, 0.15) is 26.3 Å². The Balaban J connectivity index is 1.35. The molecule has 1 heterocycles. The summed E-state index contributed by atoms with van der Waals surface area (Å²) in [5, 5.41) is 15.0. The van der Waals surface area contributed by atoms with Gasteiger partial charge in [-0.05, 0) is 60.0 Å². The lowest BCUT2D eigenvalue weighted by molar-refractivity contribution is 0.0696. The zero-order chi connectivity index (χ0) is 23.9. The molecule has 34 heavy (non-hydrogen) atoms. The number of carboxylic acids is 1. The van der Waals surface area contributed by atoms with E-state index in [4.69, 9.17) is 5.11 Å². The van der Waals surface area contributed by atoms with Crippen molar-refractivity contribution in [3.8, 4) is 11.1 Å². The van der Waals surface area contributed by atoms with Crippen LogP contribution in [0.3, 0.4) is 0 Å². The molecule has 0 fully saturated rings. The molecule has 0 unspecified atom stereocenters. The van der Waals surface area contributed by atoms with Gasteiger partial charge in [-0.2, -0.15) is 0 Å². The molecule has 0 aliphatic rings. The minimum Gasteiger partial charge on any atom is -0.478 e. The van der Waals surface area contributed by atoms with Crippen LogP contribution in [0.4, 0.5) is 16.0 Å². The average Bonchev–Trinajstić information content (AvgIpc) is 2.85. The molecule has 0 bridgehead atoms. The summed E-state index contributed by atoms with van der Waals surface area (Å²) in [7, 11) is 0. The van der Waals surface area contributed by atoms with Crippen molar-refractivity contribution in [1.29, 1.82) is 0 Å². The van der Waals surface area contributed by atoms with Crippen LogP contribution in [0.5, 0.6) is 0 Å². The standard InChI is InChI=1S/C26H21FN4O3/c27-22-8-2-5-18(13-22)21-15-29-26(30-16-21)31-23-9-3-6-19(14-23)24(32)28-11-10-17-4-1-7-20(12-17)25(33)34/h1-9,12-16H,10-11H2,(H,28,32)(H,33,34)(H,29,30,31). The number of carbonyl (C=O) groups is 2. The summed E-state index contributed by atoms with van der Waals surface area (Å²) in [4.78, 5) is 32.2. The molecule has 170 valence electrons. The highest BCUT2D eigenvalue weighted by molar-refractivity contribution is 5.95. The van der Waals surface area contributed by atoms with Gasteiger partial charge in [-0.15, -0.1) is 0 Å². The second-order valence-electron chi connectivity index (χ2n) is 7.52. The summed E-state index contributed by atoms with van der Waals surface area (Å²) in [5.74, 6) is -1.22. The molecule has 4 rings (SSSR count). The summed E-state index contributed by atoms with van der Waals surface area (Å²) < 4.78 is 13.4. The Kier molecular flexibility index (Phi) is 6.88. The minimum absolute atomic E-state index is 0.216. The van der Waals surface area contributed by atoms with Crippen molar-refractivity contribution in [2.45, 2.75) is 6.42 Å². The minimum atomic E-state index is -0.984. The fourth-order valence-electron chi connectivity index (χ4n) is 3.36. The second-order valence-corrected chi connectivity index (χ2v) is 7.52. The highest BCUT2D eigenvalue weighted by atomic mass is 19.1. The largest absolute Gasteiger partial charge is 0.478 e. The zero-order valence-electron chi connectivity index (χ0n) is 18.0. The summed E-state index contributed by atoms with van der Waals surface area (Å²) in [6, 6.07) is 19.7. The molecule has 7 nitrogen and oxygen atoms in total. The Morgan fingerprint density at radius 1 is 0.853 bits per heavy atom. The number of amides is 1. The van der Waals surface area contributed by atoms with Crippen LogP contribution in [0, 0.1) is 5.82 Å². The summed E-state index contributed by atoms with van der Waals surface area (Å²) in [5.41, 5.74) is 3.51. The van der Waals surface area contributed by atoms with Crippen LogP contribution in [0.2, 0.25) is 0 Å². The molecule has 1 amide bonds. The average molecular weight is 456 g/mol. The van der Waals surface area contributed by atoms with E-state index >= 15 is 0 Å². The van der Waals surface area contributed by atoms with Crippen LogP contribution in [-0.2, 0) is 6.42 Å². The lowest BCUT2D eigenvalue weighted by Crippen LogP contribution is -2.25. The number of nitrogens with one attached hydrogen (secondary N) is 2. The Labute approximate surface area is 195 Å². The van der Waals surface area contributed by atoms with E-state index in [1.807, 2.05) is 6.07 Å². The van der Waals surface area contributed by atoms with Gasteiger partial charge in [-0.25, -0.2) is 19.2 Å². The number of benzene rings is 3. The first-order valence-electron chi connectivity index (χ1n) is 10.5. The van der Waals surface area contributed by atoms with E-state index in [1.54, 1.807) is 60.9 Å². The second kappa shape index (κ2) is 10.4. The first kappa shape index (κ1) is 22.6. The number of halogens is 1. The smallest absolute Gasteiger partial charge is 0.335 e. The predicted molar refractivity (Wildman–Crippen MR) is 127 cm³/mol. The fraction of sp³-hybridized carbons (Fsp3) is 0.0769. The number of anilines is 2. The molecule has 0 aliphatic heterocycles. The summed E-state index contributed by atoms with van der Waals surface area (Å²) >= 11 is 0. The van der Waals surface area contributed by atoms with E-state index < -0.39 is 5.97 Å². The van der Waals surface area contributed by atoms with Crippen molar-refractivity contribution in [2.24, 2.45) is 0 Å². The van der Waals surface area contributed by atoms with Crippen molar-refractivity contribution >= 4 is 23.5 Å². The number of rotatable bonds is 8. The number of aromatic nitrogens is 2. The number of hydrogen-bond donors (Lipinski definition) is 3. The highest BCUT2D eigenvalue weighted by Crippen LogP contribution is 2.20. The number of aromatic carboxylic acids is 1. The van der Waals surface area contributed by atoms with Gasteiger partial charge in [0.25, 0.3) is 5.91 Å². The molecule has 8 heteroatoms. The molecule has 0 atom stereocenters. The Morgan fingerprint density at radius 2 is 1.59 bits per heavy atom. The third-order valence-electron chi connectivity index (χ3n) is 5.06. The SMILES string of the molecule is O=C(O)c1cccc(CCNC(=O)c2cccc(Nc3ncc(-c4cccc(F)c4)cn3)c2)c1. The van der Waals surface area contributed by atoms with Gasteiger partial charge in [0, 0.05) is 35.8 Å². The van der Waals surface area contributed by atoms with E-state index in [-0.39, 0.29) is 17.3 Å². The van der Waals surface area contributed by atoms with Gasteiger partial charge in [-0.3, -0.25) is 4.79 Å². The zero-order valence-corrected chi connectivity index (χ0v) is 18.0. The van der Waals surface area contributed by atoms with E-state index in [9.17, 15) is 14.0 Å². The molecule has 0 saturated carbocycles. The van der Waals surface area contributed by atoms with Crippen LogP contribution in [0.15, 0.2) is 85.2 Å². The van der Waals surface area contributed by atoms with Crippen molar-refractivity contribution < 1.29 is 19.1 Å². The Hall–Kier alpha value is -4.59. The van der Waals surface area contributed by atoms with E-state index in [1.165, 1.54) is 18.2 Å². The molecule has 4 aromatic rings. The lowest BCUT2D eigenvalue weighted by atomic mass is 10.1. The normalized spacial score (nSPS) is 10.5. The predicted octanol–water partition coefficient (Wildman–Crippen LogP) is 4.70. The van der Waals surface area contributed by atoms with Crippen LogP contribution >= 0.6 is 0 Å². The van der Waals surface area contributed by atoms with Crippen LogP contribution in [0.25, 0.3) is 11.1 Å². The molecule has 3 N–H and O–H groups in total. The maximum atomic E-state index is 13.4. The summed E-state index contributed by atoms with van der Waals surface area (Å²) in [6.07, 6.45) is 3.70. The van der Waals surface area contributed by atoms with Gasteiger partial charge in [-0.1, -0.05) is 30.3 Å². The van der Waals surface area contributed by atoms with Gasteiger partial charge >= 0.3 is 5.97 Å². The monoisotopic (exact) mass is 456 g/mol. The number of carbonyl (C=O) groups excluding carboxylic acids is 1. The Morgan fingerprint density at radius 3 is 2.35 bits per heavy atom. The number of carboxylic acid groups (broad SMARTS) is 1. The number of nitrogens with zero attached hydrogens (tertiary/aromatic N) is 2. The van der Waals surface area contributed by atoms with Crippen LogP contribution in [-0.4, -0.2) is 33.5 Å². The lowest BCUT2D eigenvalue weighted by Gasteiger charge is -2.09. The maximum absolute atomic E-state index is 13.4. The van der Waals surface area contributed by atoms with Crippen LogP contribution < -0.4 is 10.6 Å². The van der Waals surface area contributed by atoms with Gasteiger partial charge in [0.05, 0.1) is 5.56 Å². The molecule has 1 aromatic heterocycles. The third-order valence-corrected chi connectivity index (χ3v) is 5.06. The topological polar surface area (TPSA) is 104 Å². The van der Waals surface area contributed by atoms with Crippen molar-refractivity contribution in [1.82, 2.24) is 15.3 Å². The van der Waals surface area contributed by atoms with E-state index in [2.05, 4.69) is 20.6 Å². The van der Waals surface area contributed by atoms with Gasteiger partial charge < -0.3 is 15.7 Å². The molecular formula is C26H21FN4O3. The summed E-state index contributed by atoms with van der Waals surface area (Å²) in [6.45, 7) is 0.365. The number of hydrogen-bond acceptors (Lipinski definition) is 5. The van der Waals surface area contributed by atoms with Gasteiger partial charge in [0.2, 0.25) is 5.95 Å². The first-order chi connectivity index (χ1) is 16.5. The van der Waals surface area contributed by atoms with Crippen molar-refractivity contribution in [2.75, 3.05) is 11.9 Å². The molecule has 3 aromatic carbocycles. The first-order valence-corrected chi connectivity index (χ1v) is 10.5. The quantitative estimate of drug-likeness (QED) is 0.355. The molecular weight excluding hydrogens is 435 g/mol. The third kappa shape index (κ3) is 5.80. The molecule has 0 aliphatic carbocycles. The van der Waals surface area contributed by atoms with Gasteiger partial charge in [0.15, 0.2) is 0 Å². The molecule has 0 saturated heterocycles. The van der Waals surface area contributed by atoms with Gasteiger partial charge in [0.1, 0.15) is 5.82 Å². The molecule has 0 spiro atoms. The maximum Gasteiger partial charge on any atom is 0.335 e. The van der Waals surface area contributed by atoms with Crippen molar-refractivity contribution in [3.63, 3.8) is 0 Å². The van der Waals surface area contributed by atoms with E-state index in [0.29, 0.717) is 41.3 Å². The van der Waals surface area contributed by atoms with E-state index in [0.717, 1.165) is 5.56 Å². The fourth-order valence-corrected chi connectivity index (χ4v) is 3.36.